The second-order valence-corrected chi connectivity index (χ2v) is 7.99. The second-order valence-electron chi connectivity index (χ2n) is 4.70. The number of thiazole rings is 1. The van der Waals surface area contributed by atoms with E-state index < -0.39 is 10.0 Å². The van der Waals surface area contributed by atoms with E-state index in [1.54, 1.807) is 11.2 Å². The number of piperazine rings is 1. The number of aryl methyl sites for hydroxylation is 2. The lowest BCUT2D eigenvalue weighted by Gasteiger charge is -2.37. The normalized spacial score (nSPS) is 25.1. The van der Waals surface area contributed by atoms with Crippen molar-refractivity contribution in [2.75, 3.05) is 13.1 Å². The van der Waals surface area contributed by atoms with Crippen LogP contribution in [0.3, 0.4) is 0 Å². The molecule has 0 saturated carbocycles. The van der Waals surface area contributed by atoms with Crippen LogP contribution in [-0.4, -0.2) is 42.9 Å². The van der Waals surface area contributed by atoms with Gasteiger partial charge in [-0.1, -0.05) is 0 Å². The monoisotopic (exact) mass is 325 g/mol. The Labute approximate surface area is 124 Å². The van der Waals surface area contributed by atoms with Crippen molar-refractivity contribution >= 4 is 33.8 Å². The minimum absolute atomic E-state index is 0. The molecule has 2 atom stereocenters. The van der Waals surface area contributed by atoms with Crippen LogP contribution in [0.4, 0.5) is 0 Å². The van der Waals surface area contributed by atoms with Crippen molar-refractivity contribution in [3.05, 3.63) is 10.7 Å². The van der Waals surface area contributed by atoms with Crippen LogP contribution in [0, 0.1) is 13.8 Å². The van der Waals surface area contributed by atoms with E-state index in [0.717, 1.165) is 5.01 Å². The second kappa shape index (κ2) is 6.05. The first-order chi connectivity index (χ1) is 8.34. The maximum absolute atomic E-state index is 12.6. The average molecular weight is 326 g/mol. The summed E-state index contributed by atoms with van der Waals surface area (Å²) in [6.07, 6.45) is 0. The van der Waals surface area contributed by atoms with E-state index in [1.165, 1.54) is 11.3 Å². The zero-order valence-electron chi connectivity index (χ0n) is 11.5. The predicted molar refractivity (Wildman–Crippen MR) is 79.7 cm³/mol. The SMILES string of the molecule is Cc1nc(C)c(S(=O)(=O)N2CCNC(C)C2C)s1.Cl. The number of sulfonamides is 1. The molecule has 1 saturated heterocycles. The van der Waals surface area contributed by atoms with Gasteiger partial charge in [0, 0.05) is 25.2 Å². The third kappa shape index (κ3) is 3.11. The molecular weight excluding hydrogens is 306 g/mol. The molecule has 2 rings (SSSR count). The molecule has 0 radical (unpaired) electrons. The van der Waals surface area contributed by atoms with Gasteiger partial charge in [0.25, 0.3) is 10.0 Å². The van der Waals surface area contributed by atoms with Gasteiger partial charge in [-0.15, -0.1) is 23.7 Å². The molecule has 0 aromatic carbocycles. The molecule has 19 heavy (non-hydrogen) atoms. The Morgan fingerprint density at radius 2 is 2.00 bits per heavy atom. The Morgan fingerprint density at radius 3 is 2.53 bits per heavy atom. The minimum Gasteiger partial charge on any atom is -0.311 e. The van der Waals surface area contributed by atoms with Crippen LogP contribution in [-0.2, 0) is 10.0 Å². The quantitative estimate of drug-likeness (QED) is 0.896. The summed E-state index contributed by atoms with van der Waals surface area (Å²) in [5.74, 6) is 0. The topological polar surface area (TPSA) is 62.3 Å². The van der Waals surface area contributed by atoms with Crippen LogP contribution in [0.1, 0.15) is 24.5 Å². The Bertz CT molecular complexity index is 544. The van der Waals surface area contributed by atoms with Crippen molar-refractivity contribution in [1.82, 2.24) is 14.6 Å². The lowest BCUT2D eigenvalue weighted by Crippen LogP contribution is -2.56. The van der Waals surface area contributed by atoms with Gasteiger partial charge in [-0.2, -0.15) is 4.31 Å². The van der Waals surface area contributed by atoms with E-state index in [9.17, 15) is 8.42 Å². The summed E-state index contributed by atoms with van der Waals surface area (Å²) in [5, 5.41) is 4.08. The molecular formula is C11H20ClN3O2S2. The molecule has 5 nitrogen and oxygen atoms in total. The number of aromatic nitrogens is 1. The number of nitrogens with one attached hydrogen (secondary N) is 1. The zero-order valence-corrected chi connectivity index (χ0v) is 14.0. The lowest BCUT2D eigenvalue weighted by atomic mass is 10.1. The number of rotatable bonds is 2. The maximum atomic E-state index is 12.6. The smallest absolute Gasteiger partial charge is 0.254 e. The Hall–Kier alpha value is -0.210. The molecule has 2 unspecified atom stereocenters. The fourth-order valence-corrected chi connectivity index (χ4v) is 5.52. The van der Waals surface area contributed by atoms with Crippen molar-refractivity contribution in [2.24, 2.45) is 0 Å². The summed E-state index contributed by atoms with van der Waals surface area (Å²) in [5.41, 5.74) is 0.607. The van der Waals surface area contributed by atoms with E-state index in [4.69, 9.17) is 0 Å². The minimum atomic E-state index is -3.40. The fourth-order valence-electron chi connectivity index (χ4n) is 2.22. The molecule has 2 heterocycles. The molecule has 1 aliphatic rings. The van der Waals surface area contributed by atoms with E-state index in [-0.39, 0.29) is 24.5 Å². The lowest BCUT2D eigenvalue weighted by molar-refractivity contribution is 0.233. The number of halogens is 1. The van der Waals surface area contributed by atoms with Crippen LogP contribution in [0.2, 0.25) is 0 Å². The summed E-state index contributed by atoms with van der Waals surface area (Å²) >= 11 is 1.26. The molecule has 0 spiro atoms. The Balaban J connectivity index is 0.00000180. The molecule has 8 heteroatoms. The molecule has 1 aromatic heterocycles. The summed E-state index contributed by atoms with van der Waals surface area (Å²) < 4.78 is 27.3. The van der Waals surface area contributed by atoms with Crippen molar-refractivity contribution in [1.29, 1.82) is 0 Å². The van der Waals surface area contributed by atoms with Crippen molar-refractivity contribution in [3.8, 4) is 0 Å². The van der Waals surface area contributed by atoms with Crippen LogP contribution in [0.25, 0.3) is 0 Å². The van der Waals surface area contributed by atoms with Gasteiger partial charge >= 0.3 is 0 Å². The molecule has 1 fully saturated rings. The standard InChI is InChI=1S/C11H19N3O2S2.ClH/c1-7-9(3)14(6-5-12-7)18(15,16)11-8(2)13-10(4)17-11;/h7,9,12H,5-6H2,1-4H3;1H. The summed E-state index contributed by atoms with van der Waals surface area (Å²) in [6.45, 7) is 8.76. The highest BCUT2D eigenvalue weighted by Gasteiger charge is 2.36. The van der Waals surface area contributed by atoms with Gasteiger partial charge in [0.1, 0.15) is 0 Å². The zero-order chi connectivity index (χ0) is 13.5. The highest BCUT2D eigenvalue weighted by atomic mass is 35.5. The first-order valence-corrected chi connectivity index (χ1v) is 8.29. The summed E-state index contributed by atoms with van der Waals surface area (Å²) in [4.78, 5) is 4.21. The fraction of sp³-hybridized carbons (Fsp3) is 0.727. The van der Waals surface area contributed by atoms with Gasteiger partial charge in [-0.25, -0.2) is 13.4 Å². The molecule has 0 bridgehead atoms. The van der Waals surface area contributed by atoms with Gasteiger partial charge in [0.15, 0.2) is 4.21 Å². The van der Waals surface area contributed by atoms with E-state index >= 15 is 0 Å². The molecule has 1 aliphatic heterocycles. The first-order valence-electron chi connectivity index (χ1n) is 6.03. The largest absolute Gasteiger partial charge is 0.311 e. The van der Waals surface area contributed by atoms with Crippen LogP contribution < -0.4 is 5.32 Å². The van der Waals surface area contributed by atoms with Crippen molar-refractivity contribution in [2.45, 2.75) is 44.0 Å². The third-order valence-corrected chi connectivity index (χ3v) is 7.03. The van der Waals surface area contributed by atoms with E-state index in [0.29, 0.717) is 23.0 Å². The summed E-state index contributed by atoms with van der Waals surface area (Å²) in [6, 6.07) is 0.133. The molecule has 1 N–H and O–H groups in total. The van der Waals surface area contributed by atoms with Gasteiger partial charge in [0.05, 0.1) is 10.7 Å². The summed E-state index contributed by atoms with van der Waals surface area (Å²) in [7, 11) is -3.40. The average Bonchev–Trinajstić information content (AvgIpc) is 2.62. The van der Waals surface area contributed by atoms with Crippen LogP contribution in [0.5, 0.6) is 0 Å². The van der Waals surface area contributed by atoms with Crippen LogP contribution in [0.15, 0.2) is 4.21 Å². The number of hydrogen-bond donors (Lipinski definition) is 1. The Morgan fingerprint density at radius 1 is 1.37 bits per heavy atom. The number of nitrogens with zero attached hydrogens (tertiary/aromatic N) is 2. The molecule has 0 aliphatic carbocycles. The third-order valence-electron chi connectivity index (χ3n) is 3.38. The molecule has 0 amide bonds. The van der Waals surface area contributed by atoms with Gasteiger partial charge in [0.2, 0.25) is 0 Å². The Kier molecular flexibility index (Phi) is 5.36. The van der Waals surface area contributed by atoms with Gasteiger partial charge in [-0.05, 0) is 27.7 Å². The maximum Gasteiger partial charge on any atom is 0.254 e. The molecule has 1 aromatic rings. The highest BCUT2D eigenvalue weighted by Crippen LogP contribution is 2.28. The number of hydrogen-bond acceptors (Lipinski definition) is 5. The van der Waals surface area contributed by atoms with Gasteiger partial charge in [-0.3, -0.25) is 0 Å². The van der Waals surface area contributed by atoms with Crippen molar-refractivity contribution < 1.29 is 8.42 Å². The van der Waals surface area contributed by atoms with Gasteiger partial charge < -0.3 is 5.32 Å². The highest BCUT2D eigenvalue weighted by molar-refractivity contribution is 7.91. The van der Waals surface area contributed by atoms with E-state index in [2.05, 4.69) is 10.3 Å². The van der Waals surface area contributed by atoms with Crippen molar-refractivity contribution in [3.63, 3.8) is 0 Å². The van der Waals surface area contributed by atoms with E-state index in [1.807, 2.05) is 20.8 Å². The first kappa shape index (κ1) is 16.8. The predicted octanol–water partition coefficient (Wildman–Crippen LogP) is 1.55. The van der Waals surface area contributed by atoms with Crippen LogP contribution >= 0.6 is 23.7 Å². The molecule has 110 valence electrons.